The van der Waals surface area contributed by atoms with E-state index in [1.807, 2.05) is 37.3 Å². The summed E-state index contributed by atoms with van der Waals surface area (Å²) >= 11 is 0. The van der Waals surface area contributed by atoms with Gasteiger partial charge in [-0.25, -0.2) is 9.59 Å². The lowest BCUT2D eigenvalue weighted by molar-refractivity contribution is -0.146. The molecule has 0 aliphatic carbocycles. The number of methoxy groups -OCH3 is 1. The molecule has 1 amide bonds. The second kappa shape index (κ2) is 9.06. The first kappa shape index (κ1) is 21.3. The Bertz CT molecular complexity index is 1170. The molecule has 162 valence electrons. The highest BCUT2D eigenvalue weighted by Gasteiger charge is 2.36. The van der Waals surface area contributed by atoms with Crippen molar-refractivity contribution in [2.45, 2.75) is 25.9 Å². The van der Waals surface area contributed by atoms with E-state index in [-0.39, 0.29) is 5.91 Å². The molecule has 4 rings (SSSR count). The number of benzene rings is 3. The topological polar surface area (TPSA) is 72.9 Å². The lowest BCUT2D eigenvalue weighted by Gasteiger charge is -2.25. The van der Waals surface area contributed by atoms with Gasteiger partial charge in [0.05, 0.1) is 12.7 Å². The van der Waals surface area contributed by atoms with Crippen molar-refractivity contribution in [3.63, 3.8) is 0 Å². The fourth-order valence-electron chi connectivity index (χ4n) is 3.87. The molecule has 3 aromatic rings. The monoisotopic (exact) mass is 429 g/mol. The van der Waals surface area contributed by atoms with Crippen molar-refractivity contribution in [1.82, 2.24) is 4.90 Å². The zero-order chi connectivity index (χ0) is 22.7. The van der Waals surface area contributed by atoms with Gasteiger partial charge in [0.15, 0.2) is 0 Å². The number of ether oxygens (including phenoxy) is 2. The van der Waals surface area contributed by atoms with Crippen molar-refractivity contribution in [2.75, 3.05) is 7.11 Å². The highest BCUT2D eigenvalue weighted by Crippen LogP contribution is 2.27. The van der Waals surface area contributed by atoms with Crippen LogP contribution in [0.5, 0.6) is 5.75 Å². The predicted molar refractivity (Wildman–Crippen MR) is 118 cm³/mol. The number of esters is 2. The van der Waals surface area contributed by atoms with E-state index >= 15 is 0 Å². The molecule has 6 heteroatoms. The van der Waals surface area contributed by atoms with Gasteiger partial charge in [0.2, 0.25) is 0 Å². The molecule has 0 N–H and O–H groups in total. The number of nitrogens with zero attached hydrogens (tertiary/aromatic N) is 1. The molecular formula is C26H23NO5. The third-order valence-corrected chi connectivity index (χ3v) is 5.63. The first-order valence-electron chi connectivity index (χ1n) is 10.3. The Kier molecular flexibility index (Phi) is 6.03. The number of carbonyl (C=O) groups excluding carboxylic acids is 3. The Hall–Kier alpha value is -3.93. The van der Waals surface area contributed by atoms with E-state index in [2.05, 4.69) is 0 Å². The zero-order valence-electron chi connectivity index (χ0n) is 17.9. The van der Waals surface area contributed by atoms with Gasteiger partial charge in [0.25, 0.3) is 5.91 Å². The molecule has 1 atom stereocenters. The van der Waals surface area contributed by atoms with Crippen LogP contribution in [0.15, 0.2) is 72.8 Å². The van der Waals surface area contributed by atoms with Crippen LogP contribution in [0.4, 0.5) is 0 Å². The van der Waals surface area contributed by atoms with Crippen LogP contribution in [-0.2, 0) is 22.5 Å². The molecule has 0 spiro atoms. The van der Waals surface area contributed by atoms with Gasteiger partial charge < -0.3 is 14.4 Å². The van der Waals surface area contributed by atoms with Gasteiger partial charge in [-0.15, -0.1) is 0 Å². The highest BCUT2D eigenvalue weighted by molar-refractivity contribution is 6.00. The largest absolute Gasteiger partial charge is 0.467 e. The van der Waals surface area contributed by atoms with Gasteiger partial charge in [0.1, 0.15) is 11.8 Å². The summed E-state index contributed by atoms with van der Waals surface area (Å²) in [7, 11) is 1.32. The molecule has 6 nitrogen and oxygen atoms in total. The van der Waals surface area contributed by atoms with Crippen LogP contribution >= 0.6 is 0 Å². The molecule has 32 heavy (non-hydrogen) atoms. The van der Waals surface area contributed by atoms with Crippen LogP contribution in [0.25, 0.3) is 0 Å². The zero-order valence-corrected chi connectivity index (χ0v) is 17.9. The second-order valence-corrected chi connectivity index (χ2v) is 7.68. The molecule has 3 aromatic carbocycles. The van der Waals surface area contributed by atoms with Gasteiger partial charge in [-0.05, 0) is 47.9 Å². The van der Waals surface area contributed by atoms with E-state index < -0.39 is 18.0 Å². The Morgan fingerprint density at radius 2 is 1.66 bits per heavy atom. The standard InChI is InChI=1S/C26H23NO5/c1-17-7-3-5-9-21(17)25(29)32-20-13-11-18(12-14-20)15-23(26(30)31-2)27-16-19-8-4-6-10-22(19)24(27)28/h3-14,23H,15-16H2,1-2H3/t23-/m0/s1. The maximum Gasteiger partial charge on any atom is 0.343 e. The van der Waals surface area contributed by atoms with Crippen molar-refractivity contribution in [3.8, 4) is 5.75 Å². The van der Waals surface area contributed by atoms with Gasteiger partial charge >= 0.3 is 11.9 Å². The SMILES string of the molecule is COC(=O)[C@H](Cc1ccc(OC(=O)c2ccccc2C)cc1)N1Cc2ccccc2C1=O. The van der Waals surface area contributed by atoms with Crippen LogP contribution in [0.2, 0.25) is 0 Å². The van der Waals surface area contributed by atoms with Crippen molar-refractivity contribution >= 4 is 17.8 Å². The summed E-state index contributed by atoms with van der Waals surface area (Å²) < 4.78 is 10.5. The van der Waals surface area contributed by atoms with Crippen molar-refractivity contribution in [2.24, 2.45) is 0 Å². The summed E-state index contributed by atoms with van der Waals surface area (Å²) in [6.07, 6.45) is 0.290. The summed E-state index contributed by atoms with van der Waals surface area (Å²) in [6.45, 7) is 2.21. The Labute approximate surface area is 186 Å². The van der Waals surface area contributed by atoms with Gasteiger partial charge in [-0.3, -0.25) is 4.79 Å². The molecule has 0 aromatic heterocycles. The molecule has 0 fully saturated rings. The number of fused-ring (bicyclic) bond motifs is 1. The van der Waals surface area contributed by atoms with Crippen LogP contribution in [-0.4, -0.2) is 35.9 Å². The number of carbonyl (C=O) groups is 3. The summed E-state index contributed by atoms with van der Waals surface area (Å²) in [5.74, 6) is -0.675. The molecule has 0 unspecified atom stereocenters. The van der Waals surface area contributed by atoms with E-state index in [0.717, 1.165) is 16.7 Å². The number of amides is 1. The molecule has 0 saturated carbocycles. The third-order valence-electron chi connectivity index (χ3n) is 5.63. The van der Waals surface area contributed by atoms with Crippen LogP contribution in [0, 0.1) is 6.92 Å². The molecule has 1 aliphatic heterocycles. The highest BCUT2D eigenvalue weighted by atomic mass is 16.5. The maximum atomic E-state index is 12.8. The first-order valence-corrected chi connectivity index (χ1v) is 10.3. The maximum absolute atomic E-state index is 12.8. The summed E-state index contributed by atoms with van der Waals surface area (Å²) in [5, 5.41) is 0. The molecule has 1 heterocycles. The van der Waals surface area contributed by atoms with E-state index in [9.17, 15) is 14.4 Å². The average Bonchev–Trinajstić information content (AvgIpc) is 3.14. The fraction of sp³-hybridized carbons (Fsp3) is 0.192. The molecule has 1 aliphatic rings. The number of aryl methyl sites for hydroxylation is 1. The number of rotatable bonds is 6. The molecular weight excluding hydrogens is 406 g/mol. The fourth-order valence-corrected chi connectivity index (χ4v) is 3.87. The Morgan fingerprint density at radius 1 is 0.969 bits per heavy atom. The van der Waals surface area contributed by atoms with Crippen LogP contribution in [0.1, 0.15) is 37.4 Å². The molecule has 0 bridgehead atoms. The minimum atomic E-state index is -0.750. The average molecular weight is 429 g/mol. The normalized spacial score (nSPS) is 13.4. The van der Waals surface area contributed by atoms with E-state index in [1.165, 1.54) is 7.11 Å². The number of hydrogen-bond donors (Lipinski definition) is 0. The van der Waals surface area contributed by atoms with Gasteiger partial charge in [-0.1, -0.05) is 48.5 Å². The quantitative estimate of drug-likeness (QED) is 0.438. The predicted octanol–water partition coefficient (Wildman–Crippen LogP) is 3.95. The van der Waals surface area contributed by atoms with Crippen molar-refractivity contribution in [3.05, 3.63) is 101 Å². The van der Waals surface area contributed by atoms with Crippen molar-refractivity contribution < 1.29 is 23.9 Å². The summed E-state index contributed by atoms with van der Waals surface area (Å²) in [6, 6.07) is 20.7. The summed E-state index contributed by atoms with van der Waals surface area (Å²) in [5.41, 5.74) is 3.67. The van der Waals surface area contributed by atoms with Crippen molar-refractivity contribution in [1.29, 1.82) is 0 Å². The minimum Gasteiger partial charge on any atom is -0.467 e. The molecule has 0 radical (unpaired) electrons. The molecule has 0 saturated heterocycles. The third kappa shape index (κ3) is 4.25. The van der Waals surface area contributed by atoms with Crippen LogP contribution < -0.4 is 4.74 Å². The smallest absolute Gasteiger partial charge is 0.343 e. The van der Waals surface area contributed by atoms with E-state index in [1.54, 1.807) is 47.4 Å². The minimum absolute atomic E-state index is 0.181. The lowest BCUT2D eigenvalue weighted by Crippen LogP contribution is -2.43. The van der Waals surface area contributed by atoms with Crippen LogP contribution in [0.3, 0.4) is 0 Å². The van der Waals surface area contributed by atoms with Gasteiger partial charge in [-0.2, -0.15) is 0 Å². The van der Waals surface area contributed by atoms with Gasteiger partial charge in [0, 0.05) is 18.5 Å². The van der Waals surface area contributed by atoms with E-state index in [0.29, 0.717) is 29.8 Å². The second-order valence-electron chi connectivity index (χ2n) is 7.68. The van der Waals surface area contributed by atoms with E-state index in [4.69, 9.17) is 9.47 Å². The lowest BCUT2D eigenvalue weighted by atomic mass is 10.0. The summed E-state index contributed by atoms with van der Waals surface area (Å²) in [4.78, 5) is 39.3. The first-order chi connectivity index (χ1) is 15.5. The Morgan fingerprint density at radius 3 is 2.34 bits per heavy atom. The Balaban J connectivity index is 1.48. The number of hydrogen-bond acceptors (Lipinski definition) is 5.